The number of carboxylic acid groups (broad SMARTS) is 1. The fourth-order valence-corrected chi connectivity index (χ4v) is 5.04. The van der Waals surface area contributed by atoms with Crippen molar-refractivity contribution < 1.29 is 33.7 Å². The van der Waals surface area contributed by atoms with Crippen LogP contribution in [0.1, 0.15) is 54.5 Å². The van der Waals surface area contributed by atoms with Crippen LogP contribution in [0.3, 0.4) is 0 Å². The smallest absolute Gasteiger partial charge is 0.305 e. The Labute approximate surface area is 248 Å². The Morgan fingerprint density at radius 2 is 1.44 bits per heavy atom. The second kappa shape index (κ2) is 14.0. The standard InChI is InChI=1S/C34H34F2N2O5/c1-21(2)38-29(17-16-27(39)18-28(40)19-30(41)42)31(24-10-14-26(36)15-11-24)32(23-6-4-3-5-7-23)33(38)34(43)37-20-22-8-12-25(35)13-9-22/h3-17,21,27-28,39-40H,18-20H2,1-2H3,(H,37,43)(H,41,42)/b17-16+/t27?,28-/m1/s1. The maximum absolute atomic E-state index is 14.0. The number of hydrogen-bond acceptors (Lipinski definition) is 4. The van der Waals surface area contributed by atoms with E-state index in [0.29, 0.717) is 33.6 Å². The van der Waals surface area contributed by atoms with E-state index in [1.807, 2.05) is 48.7 Å². The van der Waals surface area contributed by atoms with Crippen LogP contribution < -0.4 is 5.32 Å². The molecule has 3 aromatic carbocycles. The second-order valence-electron chi connectivity index (χ2n) is 10.5. The number of benzene rings is 3. The number of aliphatic hydroxyl groups is 2. The zero-order valence-electron chi connectivity index (χ0n) is 23.9. The average molecular weight is 589 g/mol. The number of nitrogens with zero attached hydrogens (tertiary/aromatic N) is 1. The third-order valence-electron chi connectivity index (χ3n) is 6.94. The normalized spacial score (nSPS) is 12.9. The maximum Gasteiger partial charge on any atom is 0.305 e. The third-order valence-corrected chi connectivity index (χ3v) is 6.94. The molecule has 0 saturated carbocycles. The van der Waals surface area contributed by atoms with Crippen molar-refractivity contribution in [2.75, 3.05) is 0 Å². The third kappa shape index (κ3) is 7.82. The molecule has 1 aromatic heterocycles. The molecule has 0 fully saturated rings. The Kier molecular flexibility index (Phi) is 10.2. The zero-order valence-corrected chi connectivity index (χ0v) is 23.9. The van der Waals surface area contributed by atoms with E-state index >= 15 is 0 Å². The highest BCUT2D eigenvalue weighted by Crippen LogP contribution is 2.42. The highest BCUT2D eigenvalue weighted by Gasteiger charge is 2.29. The van der Waals surface area contributed by atoms with Gasteiger partial charge >= 0.3 is 5.97 Å². The molecule has 1 heterocycles. The molecule has 0 spiro atoms. The predicted molar refractivity (Wildman–Crippen MR) is 161 cm³/mol. The number of aliphatic hydroxyl groups excluding tert-OH is 2. The summed E-state index contributed by atoms with van der Waals surface area (Å²) in [6.45, 7) is 3.96. The van der Waals surface area contributed by atoms with E-state index in [1.165, 1.54) is 30.3 Å². The number of aromatic nitrogens is 1. The van der Waals surface area contributed by atoms with Gasteiger partial charge in [-0.3, -0.25) is 9.59 Å². The fourth-order valence-electron chi connectivity index (χ4n) is 5.04. The summed E-state index contributed by atoms with van der Waals surface area (Å²) in [5.74, 6) is -2.38. The van der Waals surface area contributed by atoms with Crippen molar-refractivity contribution in [3.05, 3.63) is 114 Å². The van der Waals surface area contributed by atoms with Crippen LogP contribution in [0, 0.1) is 11.6 Å². The molecule has 0 saturated heterocycles. The van der Waals surface area contributed by atoms with Crippen LogP contribution in [-0.2, 0) is 11.3 Å². The summed E-state index contributed by atoms with van der Waals surface area (Å²) < 4.78 is 29.3. The number of halogens is 2. The van der Waals surface area contributed by atoms with Crippen LogP contribution in [0.5, 0.6) is 0 Å². The number of amides is 1. The summed E-state index contributed by atoms with van der Waals surface area (Å²) in [5.41, 5.74) is 4.19. The molecular formula is C34H34F2N2O5. The van der Waals surface area contributed by atoms with Gasteiger partial charge < -0.3 is 25.2 Å². The Morgan fingerprint density at radius 1 is 0.860 bits per heavy atom. The lowest BCUT2D eigenvalue weighted by Crippen LogP contribution is -2.27. The topological polar surface area (TPSA) is 112 Å². The molecule has 43 heavy (non-hydrogen) atoms. The van der Waals surface area contributed by atoms with Gasteiger partial charge in [-0.25, -0.2) is 8.78 Å². The number of hydrogen-bond donors (Lipinski definition) is 4. The zero-order chi connectivity index (χ0) is 31.1. The van der Waals surface area contributed by atoms with E-state index in [9.17, 15) is 28.6 Å². The van der Waals surface area contributed by atoms with Crippen LogP contribution in [0.25, 0.3) is 28.3 Å². The molecule has 224 valence electrons. The minimum absolute atomic E-state index is 0.147. The number of carboxylic acids is 1. The molecular weight excluding hydrogens is 554 g/mol. The fraction of sp³-hybridized carbons (Fsp3) is 0.235. The van der Waals surface area contributed by atoms with Crippen molar-refractivity contribution in [1.82, 2.24) is 9.88 Å². The predicted octanol–water partition coefficient (Wildman–Crippen LogP) is 6.21. The summed E-state index contributed by atoms with van der Waals surface area (Å²) in [6, 6.07) is 20.8. The molecule has 0 bridgehead atoms. The van der Waals surface area contributed by atoms with Crippen LogP contribution in [0.4, 0.5) is 8.78 Å². The van der Waals surface area contributed by atoms with Gasteiger partial charge in [0, 0.05) is 35.8 Å². The van der Waals surface area contributed by atoms with E-state index < -0.39 is 36.3 Å². The second-order valence-corrected chi connectivity index (χ2v) is 10.5. The SMILES string of the molecule is CC(C)n1c(/C=C/C(O)C[C@@H](O)CC(=O)O)c(-c2ccc(F)cc2)c(-c2ccccc2)c1C(=O)NCc1ccc(F)cc1. The first kappa shape index (κ1) is 31.3. The van der Waals surface area contributed by atoms with Gasteiger partial charge in [0.2, 0.25) is 0 Å². The minimum Gasteiger partial charge on any atom is -0.481 e. The number of rotatable bonds is 12. The van der Waals surface area contributed by atoms with E-state index in [2.05, 4.69) is 5.32 Å². The van der Waals surface area contributed by atoms with Crippen LogP contribution in [0.2, 0.25) is 0 Å². The average Bonchev–Trinajstić information content (AvgIpc) is 3.31. The van der Waals surface area contributed by atoms with Crippen LogP contribution >= 0.6 is 0 Å². The summed E-state index contributed by atoms with van der Waals surface area (Å²) in [5, 5.41) is 32.6. The molecule has 4 aromatic rings. The lowest BCUT2D eigenvalue weighted by atomic mass is 9.94. The van der Waals surface area contributed by atoms with E-state index in [-0.39, 0.29) is 24.8 Å². The molecule has 4 rings (SSSR count). The van der Waals surface area contributed by atoms with Gasteiger partial charge in [-0.15, -0.1) is 0 Å². The number of carbonyl (C=O) groups excluding carboxylic acids is 1. The van der Waals surface area contributed by atoms with Gasteiger partial charge in [0.1, 0.15) is 17.3 Å². The first-order chi connectivity index (χ1) is 20.5. The molecule has 0 aliphatic carbocycles. The van der Waals surface area contributed by atoms with Crippen molar-refractivity contribution >= 4 is 18.0 Å². The lowest BCUT2D eigenvalue weighted by molar-refractivity contribution is -0.139. The summed E-state index contributed by atoms with van der Waals surface area (Å²) in [6.07, 6.45) is -0.0558. The lowest BCUT2D eigenvalue weighted by Gasteiger charge is -2.17. The van der Waals surface area contributed by atoms with Crippen molar-refractivity contribution in [2.45, 2.75) is 51.5 Å². The largest absolute Gasteiger partial charge is 0.481 e. The molecule has 0 aliphatic heterocycles. The number of nitrogens with one attached hydrogen (secondary N) is 1. The van der Waals surface area contributed by atoms with Crippen molar-refractivity contribution in [2.24, 2.45) is 0 Å². The van der Waals surface area contributed by atoms with Gasteiger partial charge in [-0.05, 0) is 60.9 Å². The molecule has 9 heteroatoms. The van der Waals surface area contributed by atoms with Crippen molar-refractivity contribution in [3.8, 4) is 22.3 Å². The molecule has 1 unspecified atom stereocenters. The van der Waals surface area contributed by atoms with E-state index in [0.717, 1.165) is 5.56 Å². The molecule has 0 radical (unpaired) electrons. The summed E-state index contributed by atoms with van der Waals surface area (Å²) >= 11 is 0. The summed E-state index contributed by atoms with van der Waals surface area (Å²) in [7, 11) is 0. The molecule has 4 N–H and O–H groups in total. The minimum atomic E-state index is -1.25. The van der Waals surface area contributed by atoms with Crippen LogP contribution in [0.15, 0.2) is 84.9 Å². The Morgan fingerprint density at radius 3 is 2.02 bits per heavy atom. The van der Waals surface area contributed by atoms with Gasteiger partial charge in [-0.1, -0.05) is 60.7 Å². The van der Waals surface area contributed by atoms with Gasteiger partial charge in [0.25, 0.3) is 5.91 Å². The maximum atomic E-state index is 14.0. The van der Waals surface area contributed by atoms with Gasteiger partial charge in [0.15, 0.2) is 0 Å². The highest BCUT2D eigenvalue weighted by molar-refractivity contribution is 6.06. The van der Waals surface area contributed by atoms with Gasteiger partial charge in [-0.2, -0.15) is 0 Å². The monoisotopic (exact) mass is 588 g/mol. The summed E-state index contributed by atoms with van der Waals surface area (Å²) in [4.78, 5) is 25.0. The quantitative estimate of drug-likeness (QED) is 0.157. The first-order valence-corrected chi connectivity index (χ1v) is 13.9. The molecule has 7 nitrogen and oxygen atoms in total. The van der Waals surface area contributed by atoms with Crippen molar-refractivity contribution in [1.29, 1.82) is 0 Å². The van der Waals surface area contributed by atoms with Gasteiger partial charge in [0.05, 0.1) is 18.6 Å². The number of aliphatic carboxylic acids is 1. The highest BCUT2D eigenvalue weighted by atomic mass is 19.1. The molecule has 0 aliphatic rings. The number of carbonyl (C=O) groups is 2. The Bertz CT molecular complexity index is 1580. The first-order valence-electron chi connectivity index (χ1n) is 13.9. The Balaban J connectivity index is 1.90. The van der Waals surface area contributed by atoms with E-state index in [4.69, 9.17) is 5.11 Å². The Hall–Kier alpha value is -4.60. The van der Waals surface area contributed by atoms with Crippen LogP contribution in [-0.4, -0.2) is 44.0 Å². The molecule has 1 amide bonds. The molecule has 2 atom stereocenters. The van der Waals surface area contributed by atoms with E-state index in [1.54, 1.807) is 30.3 Å². The van der Waals surface area contributed by atoms with Crippen molar-refractivity contribution in [3.63, 3.8) is 0 Å².